The molecule has 0 saturated heterocycles. The molecule has 0 atom stereocenters. The van der Waals surface area contributed by atoms with Crippen molar-refractivity contribution in [2.24, 2.45) is 0 Å². The van der Waals surface area contributed by atoms with E-state index in [9.17, 15) is 0 Å². The maximum Gasteiger partial charge on any atom is 0.193 e. The van der Waals surface area contributed by atoms with E-state index in [2.05, 4.69) is 34.7 Å². The second-order valence-electron chi connectivity index (χ2n) is 4.31. The lowest BCUT2D eigenvalue weighted by Gasteiger charge is -2.06. The number of anilines is 1. The molecule has 98 valence electrons. The molecule has 4 nitrogen and oxygen atoms in total. The molecular weight excluding hydrogens is 258 g/mol. The molecule has 0 amide bonds. The highest BCUT2D eigenvalue weighted by Crippen LogP contribution is 2.15. The van der Waals surface area contributed by atoms with E-state index in [0.717, 1.165) is 22.9 Å². The van der Waals surface area contributed by atoms with E-state index in [1.54, 1.807) is 18.4 Å². The van der Waals surface area contributed by atoms with Crippen LogP contribution in [0.25, 0.3) is 4.96 Å². The molecule has 2 heterocycles. The molecule has 3 rings (SSSR count). The first kappa shape index (κ1) is 12.2. The normalized spacial score (nSPS) is 11.0. The largest absolute Gasteiger partial charge is 0.380 e. The average Bonchev–Trinajstić information content (AvgIpc) is 2.98. The monoisotopic (exact) mass is 273 g/mol. The van der Waals surface area contributed by atoms with Crippen molar-refractivity contribution in [3.63, 3.8) is 0 Å². The highest BCUT2D eigenvalue weighted by atomic mass is 32.1. The van der Waals surface area contributed by atoms with Gasteiger partial charge in [0.25, 0.3) is 0 Å². The second kappa shape index (κ2) is 5.42. The van der Waals surface area contributed by atoms with Gasteiger partial charge in [0, 0.05) is 30.6 Å². The first-order valence-corrected chi connectivity index (χ1v) is 6.96. The van der Waals surface area contributed by atoms with E-state index in [-0.39, 0.29) is 0 Å². The van der Waals surface area contributed by atoms with Gasteiger partial charge in [0.2, 0.25) is 0 Å². The number of benzene rings is 1. The Morgan fingerprint density at radius 2 is 2.37 bits per heavy atom. The van der Waals surface area contributed by atoms with Gasteiger partial charge in [-0.05, 0) is 17.7 Å². The summed E-state index contributed by atoms with van der Waals surface area (Å²) in [6.07, 6.45) is 4.08. The molecule has 0 spiro atoms. The zero-order chi connectivity index (χ0) is 13.1. The van der Waals surface area contributed by atoms with Crippen LogP contribution in [0, 0.1) is 0 Å². The summed E-state index contributed by atoms with van der Waals surface area (Å²) >= 11 is 1.65. The van der Waals surface area contributed by atoms with Gasteiger partial charge in [-0.25, -0.2) is 4.98 Å². The Morgan fingerprint density at radius 1 is 1.42 bits per heavy atom. The average molecular weight is 273 g/mol. The molecule has 0 aliphatic carbocycles. The van der Waals surface area contributed by atoms with Gasteiger partial charge in [-0.3, -0.25) is 4.40 Å². The lowest BCUT2D eigenvalue weighted by molar-refractivity contribution is 0.185. The number of hydrogen-bond donors (Lipinski definition) is 1. The summed E-state index contributed by atoms with van der Waals surface area (Å²) in [7, 11) is 1.71. The van der Waals surface area contributed by atoms with Crippen molar-refractivity contribution < 1.29 is 4.74 Å². The molecule has 5 heteroatoms. The molecule has 0 bridgehead atoms. The van der Waals surface area contributed by atoms with Gasteiger partial charge >= 0.3 is 0 Å². The molecule has 3 aromatic rings. The predicted molar refractivity (Wildman–Crippen MR) is 77.6 cm³/mol. The Morgan fingerprint density at radius 3 is 3.21 bits per heavy atom. The highest BCUT2D eigenvalue weighted by molar-refractivity contribution is 7.15. The van der Waals surface area contributed by atoms with Gasteiger partial charge in [0.15, 0.2) is 4.96 Å². The Bertz CT molecular complexity index is 645. The minimum Gasteiger partial charge on any atom is -0.380 e. The predicted octanol–water partition coefficient (Wildman–Crippen LogP) is 3.15. The Labute approximate surface area is 115 Å². The van der Waals surface area contributed by atoms with E-state index in [4.69, 9.17) is 4.74 Å². The summed E-state index contributed by atoms with van der Waals surface area (Å²) in [6.45, 7) is 1.36. The maximum absolute atomic E-state index is 5.13. The fraction of sp³-hybridized carbons (Fsp3) is 0.214. The van der Waals surface area contributed by atoms with Crippen LogP contribution >= 0.6 is 11.3 Å². The van der Waals surface area contributed by atoms with Crippen LogP contribution in [0.3, 0.4) is 0 Å². The Hall–Kier alpha value is -1.85. The van der Waals surface area contributed by atoms with E-state index < -0.39 is 0 Å². The van der Waals surface area contributed by atoms with Crippen molar-refractivity contribution in [1.82, 2.24) is 9.38 Å². The van der Waals surface area contributed by atoms with Crippen LogP contribution in [0.2, 0.25) is 0 Å². The van der Waals surface area contributed by atoms with Gasteiger partial charge in [-0.1, -0.05) is 12.1 Å². The molecule has 1 aromatic carbocycles. The van der Waals surface area contributed by atoms with Crippen molar-refractivity contribution in [1.29, 1.82) is 0 Å². The maximum atomic E-state index is 5.13. The number of methoxy groups -OCH3 is 1. The Kier molecular flexibility index (Phi) is 3.48. The van der Waals surface area contributed by atoms with Gasteiger partial charge in [0.05, 0.1) is 18.8 Å². The number of fused-ring (bicyclic) bond motifs is 1. The summed E-state index contributed by atoms with van der Waals surface area (Å²) in [5, 5.41) is 5.42. The summed E-state index contributed by atoms with van der Waals surface area (Å²) in [6, 6.07) is 8.24. The number of nitrogens with zero attached hydrogens (tertiary/aromatic N) is 2. The molecule has 2 aromatic heterocycles. The van der Waals surface area contributed by atoms with E-state index >= 15 is 0 Å². The number of ether oxygens (including phenoxy) is 1. The van der Waals surface area contributed by atoms with Crippen molar-refractivity contribution in [2.45, 2.75) is 13.2 Å². The summed E-state index contributed by atoms with van der Waals surface area (Å²) < 4.78 is 7.18. The first-order chi connectivity index (χ1) is 9.35. The van der Waals surface area contributed by atoms with Gasteiger partial charge in [-0.2, -0.15) is 0 Å². The molecule has 0 aliphatic heterocycles. The number of thiazole rings is 1. The fourth-order valence-corrected chi connectivity index (χ4v) is 2.71. The van der Waals surface area contributed by atoms with Crippen molar-refractivity contribution >= 4 is 22.0 Å². The van der Waals surface area contributed by atoms with E-state index in [0.29, 0.717) is 6.61 Å². The zero-order valence-electron chi connectivity index (χ0n) is 10.7. The van der Waals surface area contributed by atoms with Crippen LogP contribution < -0.4 is 5.32 Å². The second-order valence-corrected chi connectivity index (χ2v) is 5.19. The van der Waals surface area contributed by atoms with Crippen LogP contribution in [0.15, 0.2) is 42.0 Å². The van der Waals surface area contributed by atoms with Crippen LogP contribution in [0.4, 0.5) is 5.69 Å². The lowest BCUT2D eigenvalue weighted by Crippen LogP contribution is -2.00. The lowest BCUT2D eigenvalue weighted by atomic mass is 10.2. The molecular formula is C14H15N3OS. The van der Waals surface area contributed by atoms with Gasteiger partial charge < -0.3 is 10.1 Å². The van der Waals surface area contributed by atoms with Crippen molar-refractivity contribution in [3.8, 4) is 0 Å². The highest BCUT2D eigenvalue weighted by Gasteiger charge is 2.02. The number of imidazole rings is 1. The molecule has 0 fully saturated rings. The van der Waals surface area contributed by atoms with Crippen LogP contribution in [0.5, 0.6) is 0 Å². The SMILES string of the molecule is COCc1cccc(NCc2cn3ccsc3n2)c1. The third-order valence-corrected chi connectivity index (χ3v) is 3.63. The zero-order valence-corrected chi connectivity index (χ0v) is 11.5. The first-order valence-electron chi connectivity index (χ1n) is 6.08. The number of rotatable bonds is 5. The van der Waals surface area contributed by atoms with Crippen LogP contribution in [0.1, 0.15) is 11.3 Å². The quantitative estimate of drug-likeness (QED) is 0.776. The van der Waals surface area contributed by atoms with Crippen LogP contribution in [-0.4, -0.2) is 16.5 Å². The third-order valence-electron chi connectivity index (χ3n) is 2.85. The van der Waals surface area contributed by atoms with E-state index in [1.807, 2.05) is 22.0 Å². The van der Waals surface area contributed by atoms with Crippen LogP contribution in [-0.2, 0) is 17.9 Å². The van der Waals surface area contributed by atoms with E-state index in [1.165, 1.54) is 5.56 Å². The van der Waals surface area contributed by atoms with Gasteiger partial charge in [-0.15, -0.1) is 11.3 Å². The topological polar surface area (TPSA) is 38.6 Å². The minimum absolute atomic E-state index is 0.635. The Balaban J connectivity index is 1.68. The number of hydrogen-bond acceptors (Lipinski definition) is 4. The number of nitrogens with one attached hydrogen (secondary N) is 1. The molecule has 19 heavy (non-hydrogen) atoms. The smallest absolute Gasteiger partial charge is 0.193 e. The molecule has 0 aliphatic rings. The standard InChI is InChI=1S/C14H15N3OS/c1-18-10-11-3-2-4-12(7-11)15-8-13-9-17-5-6-19-14(17)16-13/h2-7,9,15H,8,10H2,1H3. The molecule has 0 radical (unpaired) electrons. The molecule has 0 unspecified atom stereocenters. The number of aromatic nitrogens is 2. The molecule has 0 saturated carbocycles. The minimum atomic E-state index is 0.635. The van der Waals surface area contributed by atoms with Gasteiger partial charge in [0.1, 0.15) is 0 Å². The van der Waals surface area contributed by atoms with Crippen molar-refractivity contribution in [2.75, 3.05) is 12.4 Å². The van der Waals surface area contributed by atoms with Crippen molar-refractivity contribution in [3.05, 3.63) is 53.3 Å². The fourth-order valence-electron chi connectivity index (χ4n) is 1.99. The molecule has 1 N–H and O–H groups in total. The summed E-state index contributed by atoms with van der Waals surface area (Å²) in [5.41, 5.74) is 3.30. The summed E-state index contributed by atoms with van der Waals surface area (Å²) in [5.74, 6) is 0. The summed E-state index contributed by atoms with van der Waals surface area (Å²) in [4.78, 5) is 5.57. The third kappa shape index (κ3) is 2.77.